The molecule has 0 bridgehead atoms. The number of aryl methyl sites for hydroxylation is 2. The van der Waals surface area contributed by atoms with Crippen molar-refractivity contribution in [3.8, 4) is 0 Å². The summed E-state index contributed by atoms with van der Waals surface area (Å²) in [4.78, 5) is 6.26. The predicted molar refractivity (Wildman–Crippen MR) is 80.7 cm³/mol. The van der Waals surface area contributed by atoms with Gasteiger partial charge in [0.05, 0.1) is 17.3 Å². The molecule has 1 atom stereocenters. The fourth-order valence-corrected chi connectivity index (χ4v) is 3.67. The Hall–Kier alpha value is -0.450. The van der Waals surface area contributed by atoms with E-state index in [-0.39, 0.29) is 6.04 Å². The molecule has 0 saturated carbocycles. The molecule has 19 heavy (non-hydrogen) atoms. The van der Waals surface area contributed by atoms with Crippen LogP contribution >= 0.6 is 11.3 Å². The molecule has 0 saturated heterocycles. The van der Waals surface area contributed by atoms with Crippen LogP contribution in [-0.4, -0.2) is 22.2 Å². The second kappa shape index (κ2) is 6.33. The van der Waals surface area contributed by atoms with Crippen LogP contribution in [0.1, 0.15) is 68.1 Å². The van der Waals surface area contributed by atoms with Crippen LogP contribution in [0.4, 0.5) is 0 Å². The number of aromatic nitrogens is 1. The molecular formula is C15H26N2OS. The Morgan fingerprint density at radius 3 is 2.63 bits per heavy atom. The van der Waals surface area contributed by atoms with E-state index < -0.39 is 5.60 Å². The maximum atomic E-state index is 10.3. The van der Waals surface area contributed by atoms with Crippen molar-refractivity contribution in [2.24, 2.45) is 0 Å². The number of nitrogens with zero attached hydrogens (tertiary/aromatic N) is 1. The van der Waals surface area contributed by atoms with Crippen LogP contribution < -0.4 is 5.32 Å². The number of hydrogen-bond donors (Lipinski definition) is 2. The van der Waals surface area contributed by atoms with Crippen molar-refractivity contribution in [1.82, 2.24) is 10.3 Å². The van der Waals surface area contributed by atoms with Gasteiger partial charge in [-0.05, 0) is 45.4 Å². The van der Waals surface area contributed by atoms with Crippen LogP contribution in [0, 0.1) is 0 Å². The number of rotatable bonds is 6. The van der Waals surface area contributed by atoms with Crippen molar-refractivity contribution >= 4 is 11.3 Å². The Bertz CT molecular complexity index is 389. The van der Waals surface area contributed by atoms with Crippen LogP contribution in [0.5, 0.6) is 0 Å². The Labute approximate surface area is 120 Å². The average molecular weight is 282 g/mol. The SMILES string of the molecule is CCC(O)(CC)CNC(C)c1nc2c(s1)CCCC2. The molecule has 1 unspecified atom stereocenters. The molecule has 1 aliphatic rings. The summed E-state index contributed by atoms with van der Waals surface area (Å²) in [7, 11) is 0. The van der Waals surface area contributed by atoms with Gasteiger partial charge in [-0.1, -0.05) is 13.8 Å². The monoisotopic (exact) mass is 282 g/mol. The zero-order chi connectivity index (χ0) is 13.9. The summed E-state index contributed by atoms with van der Waals surface area (Å²) < 4.78 is 0. The smallest absolute Gasteiger partial charge is 0.110 e. The van der Waals surface area contributed by atoms with Crippen LogP contribution in [0.25, 0.3) is 0 Å². The summed E-state index contributed by atoms with van der Waals surface area (Å²) in [6, 6.07) is 0.236. The highest BCUT2D eigenvalue weighted by atomic mass is 32.1. The third kappa shape index (κ3) is 3.56. The second-order valence-corrected chi connectivity index (χ2v) is 6.78. The maximum Gasteiger partial charge on any atom is 0.110 e. The van der Waals surface area contributed by atoms with Gasteiger partial charge in [-0.3, -0.25) is 0 Å². The Balaban J connectivity index is 1.96. The first kappa shape index (κ1) is 14.9. The van der Waals surface area contributed by atoms with Gasteiger partial charge in [0.15, 0.2) is 0 Å². The van der Waals surface area contributed by atoms with E-state index in [0.29, 0.717) is 6.54 Å². The Morgan fingerprint density at radius 2 is 2.00 bits per heavy atom. The molecule has 2 rings (SSSR count). The van der Waals surface area contributed by atoms with E-state index in [0.717, 1.165) is 19.3 Å². The third-order valence-electron chi connectivity index (χ3n) is 4.29. The lowest BCUT2D eigenvalue weighted by Crippen LogP contribution is -2.40. The van der Waals surface area contributed by atoms with Gasteiger partial charge >= 0.3 is 0 Å². The molecule has 0 aromatic carbocycles. The average Bonchev–Trinajstić information content (AvgIpc) is 2.88. The topological polar surface area (TPSA) is 45.1 Å². The van der Waals surface area contributed by atoms with Crippen LogP contribution in [-0.2, 0) is 12.8 Å². The van der Waals surface area contributed by atoms with Gasteiger partial charge in [0.25, 0.3) is 0 Å². The lowest BCUT2D eigenvalue weighted by molar-refractivity contribution is 0.0303. The number of fused-ring (bicyclic) bond motifs is 1. The highest BCUT2D eigenvalue weighted by Gasteiger charge is 2.24. The van der Waals surface area contributed by atoms with Gasteiger partial charge in [0.2, 0.25) is 0 Å². The van der Waals surface area contributed by atoms with E-state index in [1.807, 2.05) is 25.2 Å². The zero-order valence-corrected chi connectivity index (χ0v) is 13.1. The number of hydrogen-bond acceptors (Lipinski definition) is 4. The molecule has 0 amide bonds. The van der Waals surface area contributed by atoms with Crippen LogP contribution in [0.3, 0.4) is 0 Å². The largest absolute Gasteiger partial charge is 0.389 e. The first-order chi connectivity index (χ1) is 9.08. The van der Waals surface area contributed by atoms with E-state index in [1.54, 1.807) is 0 Å². The van der Waals surface area contributed by atoms with Crippen molar-refractivity contribution in [1.29, 1.82) is 0 Å². The normalized spacial score (nSPS) is 17.3. The van der Waals surface area contributed by atoms with Crippen molar-refractivity contribution < 1.29 is 5.11 Å². The van der Waals surface area contributed by atoms with Gasteiger partial charge in [-0.25, -0.2) is 4.98 Å². The summed E-state index contributed by atoms with van der Waals surface area (Å²) in [6.45, 7) is 6.87. The minimum absolute atomic E-state index is 0.236. The fourth-order valence-electron chi connectivity index (χ4n) is 2.49. The fraction of sp³-hybridized carbons (Fsp3) is 0.800. The molecule has 1 heterocycles. The highest BCUT2D eigenvalue weighted by Crippen LogP contribution is 2.30. The molecule has 108 valence electrons. The van der Waals surface area contributed by atoms with Crippen molar-refractivity contribution in [2.75, 3.05) is 6.54 Å². The van der Waals surface area contributed by atoms with Gasteiger partial charge in [0.1, 0.15) is 5.01 Å². The van der Waals surface area contributed by atoms with Gasteiger partial charge < -0.3 is 10.4 Å². The number of aliphatic hydroxyl groups is 1. The molecule has 3 nitrogen and oxygen atoms in total. The summed E-state index contributed by atoms with van der Waals surface area (Å²) in [5.41, 5.74) is 0.742. The zero-order valence-electron chi connectivity index (χ0n) is 12.3. The molecule has 0 spiro atoms. The lowest BCUT2D eigenvalue weighted by Gasteiger charge is -2.27. The quantitative estimate of drug-likeness (QED) is 0.842. The standard InChI is InChI=1S/C15H26N2OS/c1-4-15(18,5-2)10-16-11(3)14-17-12-8-6-7-9-13(12)19-14/h11,16,18H,4-10H2,1-3H3. The number of nitrogens with one attached hydrogen (secondary N) is 1. The van der Waals surface area contributed by atoms with Gasteiger partial charge in [0, 0.05) is 11.4 Å². The van der Waals surface area contributed by atoms with E-state index in [9.17, 15) is 5.11 Å². The van der Waals surface area contributed by atoms with E-state index in [2.05, 4.69) is 12.2 Å². The Kier molecular flexibility index (Phi) is 4.98. The van der Waals surface area contributed by atoms with E-state index >= 15 is 0 Å². The maximum absolute atomic E-state index is 10.3. The molecule has 4 heteroatoms. The third-order valence-corrected chi connectivity index (χ3v) is 5.63. The number of thiazole rings is 1. The van der Waals surface area contributed by atoms with Crippen LogP contribution in [0.15, 0.2) is 0 Å². The van der Waals surface area contributed by atoms with Gasteiger partial charge in [-0.2, -0.15) is 0 Å². The predicted octanol–water partition coefficient (Wildman–Crippen LogP) is 3.22. The minimum Gasteiger partial charge on any atom is -0.389 e. The summed E-state index contributed by atoms with van der Waals surface area (Å²) in [5.74, 6) is 0. The van der Waals surface area contributed by atoms with E-state index in [1.165, 1.54) is 34.8 Å². The highest BCUT2D eigenvalue weighted by molar-refractivity contribution is 7.11. The molecule has 1 aromatic heterocycles. The van der Waals surface area contributed by atoms with Gasteiger partial charge in [-0.15, -0.1) is 11.3 Å². The molecule has 0 radical (unpaired) electrons. The van der Waals surface area contributed by atoms with Crippen molar-refractivity contribution in [3.63, 3.8) is 0 Å². The first-order valence-corrected chi connectivity index (χ1v) is 8.34. The van der Waals surface area contributed by atoms with Crippen molar-refractivity contribution in [3.05, 3.63) is 15.6 Å². The summed E-state index contributed by atoms with van der Waals surface area (Å²) in [5, 5.41) is 14.9. The summed E-state index contributed by atoms with van der Waals surface area (Å²) >= 11 is 1.85. The van der Waals surface area contributed by atoms with Crippen molar-refractivity contribution in [2.45, 2.75) is 70.9 Å². The molecule has 2 N–H and O–H groups in total. The molecule has 0 aliphatic heterocycles. The molecule has 1 aliphatic carbocycles. The second-order valence-electron chi connectivity index (χ2n) is 5.66. The van der Waals surface area contributed by atoms with E-state index in [4.69, 9.17) is 4.98 Å². The minimum atomic E-state index is -0.578. The molecular weight excluding hydrogens is 256 g/mol. The van der Waals surface area contributed by atoms with Crippen LogP contribution in [0.2, 0.25) is 0 Å². The Morgan fingerprint density at radius 1 is 1.32 bits per heavy atom. The summed E-state index contributed by atoms with van der Waals surface area (Å²) in [6.07, 6.45) is 6.51. The first-order valence-electron chi connectivity index (χ1n) is 7.52. The lowest BCUT2D eigenvalue weighted by atomic mass is 9.97. The molecule has 0 fully saturated rings. The molecule has 1 aromatic rings.